The van der Waals surface area contributed by atoms with Crippen molar-refractivity contribution in [3.05, 3.63) is 45.7 Å². The van der Waals surface area contributed by atoms with Gasteiger partial charge in [-0.3, -0.25) is 4.79 Å². The average molecular weight is 411 g/mol. The second-order valence-electron chi connectivity index (χ2n) is 5.94. The standard InChI is InChI=1S/C18H20Cl2N4O3/c1-12-22-16(24-5-8-26-9-6-24)11-17(23-12)27-7-4-21-18(25)13-2-3-14(19)15(20)10-13/h2-3,10-11H,4-9H2,1H3,(H,21,25). The lowest BCUT2D eigenvalue weighted by molar-refractivity contribution is 0.0946. The van der Waals surface area contributed by atoms with Gasteiger partial charge in [0.25, 0.3) is 5.91 Å². The van der Waals surface area contributed by atoms with Gasteiger partial charge in [0.15, 0.2) is 0 Å². The maximum atomic E-state index is 12.1. The Balaban J connectivity index is 1.51. The quantitative estimate of drug-likeness (QED) is 0.737. The molecule has 2 heterocycles. The zero-order valence-electron chi connectivity index (χ0n) is 14.9. The number of morpholine rings is 1. The molecule has 0 bridgehead atoms. The van der Waals surface area contributed by atoms with Gasteiger partial charge in [-0.05, 0) is 25.1 Å². The smallest absolute Gasteiger partial charge is 0.251 e. The first-order valence-electron chi connectivity index (χ1n) is 8.57. The topological polar surface area (TPSA) is 76.6 Å². The number of nitrogens with one attached hydrogen (secondary N) is 1. The van der Waals surface area contributed by atoms with Crippen LogP contribution in [0.5, 0.6) is 5.88 Å². The van der Waals surface area contributed by atoms with E-state index in [0.717, 1.165) is 18.9 Å². The first-order valence-corrected chi connectivity index (χ1v) is 9.33. The molecule has 0 radical (unpaired) electrons. The average Bonchev–Trinajstić information content (AvgIpc) is 2.67. The molecule has 1 aliphatic rings. The van der Waals surface area contributed by atoms with Crippen molar-refractivity contribution in [3.63, 3.8) is 0 Å². The van der Waals surface area contributed by atoms with Gasteiger partial charge in [-0.25, -0.2) is 4.98 Å². The van der Waals surface area contributed by atoms with Crippen LogP contribution in [-0.2, 0) is 4.74 Å². The van der Waals surface area contributed by atoms with E-state index < -0.39 is 0 Å². The Morgan fingerprint density at radius 1 is 1.22 bits per heavy atom. The maximum absolute atomic E-state index is 12.1. The van der Waals surface area contributed by atoms with E-state index in [1.165, 1.54) is 6.07 Å². The summed E-state index contributed by atoms with van der Waals surface area (Å²) < 4.78 is 11.0. The zero-order valence-corrected chi connectivity index (χ0v) is 16.4. The van der Waals surface area contributed by atoms with Gasteiger partial charge in [-0.2, -0.15) is 4.98 Å². The second kappa shape index (κ2) is 9.21. The number of hydrogen-bond acceptors (Lipinski definition) is 6. The number of amides is 1. The van der Waals surface area contributed by atoms with E-state index in [1.807, 2.05) is 6.92 Å². The Morgan fingerprint density at radius 3 is 2.74 bits per heavy atom. The highest BCUT2D eigenvalue weighted by atomic mass is 35.5. The van der Waals surface area contributed by atoms with Crippen molar-refractivity contribution in [1.82, 2.24) is 15.3 Å². The molecular weight excluding hydrogens is 391 g/mol. The number of hydrogen-bond donors (Lipinski definition) is 1. The van der Waals surface area contributed by atoms with Crippen LogP contribution in [0, 0.1) is 6.92 Å². The van der Waals surface area contributed by atoms with Gasteiger partial charge in [0, 0.05) is 24.7 Å². The molecule has 9 heteroatoms. The number of anilines is 1. The minimum absolute atomic E-state index is 0.245. The van der Waals surface area contributed by atoms with Gasteiger partial charge in [0.05, 0.1) is 29.8 Å². The Kier molecular flexibility index (Phi) is 6.71. The van der Waals surface area contributed by atoms with Gasteiger partial charge in [0.1, 0.15) is 18.2 Å². The minimum Gasteiger partial charge on any atom is -0.476 e. The van der Waals surface area contributed by atoms with Crippen LogP contribution in [0.4, 0.5) is 5.82 Å². The molecule has 0 spiro atoms. The molecule has 0 aliphatic carbocycles. The van der Waals surface area contributed by atoms with Crippen LogP contribution < -0.4 is 15.0 Å². The van der Waals surface area contributed by atoms with Gasteiger partial charge in [0.2, 0.25) is 5.88 Å². The van der Waals surface area contributed by atoms with Crippen LogP contribution in [0.2, 0.25) is 10.0 Å². The van der Waals surface area contributed by atoms with Crippen molar-refractivity contribution in [2.24, 2.45) is 0 Å². The number of rotatable bonds is 6. The van der Waals surface area contributed by atoms with Crippen LogP contribution in [0.25, 0.3) is 0 Å². The molecule has 27 heavy (non-hydrogen) atoms. The third kappa shape index (κ3) is 5.45. The van der Waals surface area contributed by atoms with Crippen LogP contribution in [0.3, 0.4) is 0 Å². The summed E-state index contributed by atoms with van der Waals surface area (Å²) in [7, 11) is 0. The molecular formula is C18H20Cl2N4O3. The molecule has 1 aromatic heterocycles. The third-order valence-electron chi connectivity index (χ3n) is 3.96. The van der Waals surface area contributed by atoms with E-state index in [1.54, 1.807) is 18.2 Å². The van der Waals surface area contributed by atoms with E-state index in [2.05, 4.69) is 20.2 Å². The minimum atomic E-state index is -0.245. The molecule has 7 nitrogen and oxygen atoms in total. The predicted octanol–water partition coefficient (Wildman–Crippen LogP) is 2.74. The molecule has 0 atom stereocenters. The summed E-state index contributed by atoms with van der Waals surface area (Å²) in [5.74, 6) is 1.69. The highest BCUT2D eigenvalue weighted by Gasteiger charge is 2.14. The highest BCUT2D eigenvalue weighted by Crippen LogP contribution is 2.22. The zero-order chi connectivity index (χ0) is 19.2. The fourth-order valence-electron chi connectivity index (χ4n) is 2.61. The van der Waals surface area contributed by atoms with Crippen molar-refractivity contribution in [3.8, 4) is 5.88 Å². The lowest BCUT2D eigenvalue weighted by Crippen LogP contribution is -2.37. The monoisotopic (exact) mass is 410 g/mol. The van der Waals surface area contributed by atoms with Crippen molar-refractivity contribution in [1.29, 1.82) is 0 Å². The Bertz CT molecular complexity index is 813. The lowest BCUT2D eigenvalue weighted by Gasteiger charge is -2.28. The molecule has 0 unspecified atom stereocenters. The van der Waals surface area contributed by atoms with E-state index in [0.29, 0.717) is 47.1 Å². The van der Waals surface area contributed by atoms with E-state index in [4.69, 9.17) is 32.7 Å². The van der Waals surface area contributed by atoms with Crippen molar-refractivity contribution < 1.29 is 14.3 Å². The van der Waals surface area contributed by atoms with E-state index >= 15 is 0 Å². The molecule has 1 saturated heterocycles. The first-order chi connectivity index (χ1) is 13.0. The summed E-state index contributed by atoms with van der Waals surface area (Å²) in [5.41, 5.74) is 0.442. The van der Waals surface area contributed by atoms with Crippen LogP contribution in [0.1, 0.15) is 16.2 Å². The Labute approximate surface area is 167 Å². The van der Waals surface area contributed by atoms with Crippen molar-refractivity contribution >= 4 is 34.9 Å². The number of nitrogens with zero attached hydrogens (tertiary/aromatic N) is 3. The molecule has 1 amide bonds. The number of benzene rings is 1. The van der Waals surface area contributed by atoms with Gasteiger partial charge in [-0.15, -0.1) is 0 Å². The summed E-state index contributed by atoms with van der Waals surface area (Å²) in [5, 5.41) is 3.52. The molecule has 0 saturated carbocycles. The molecule has 1 fully saturated rings. The van der Waals surface area contributed by atoms with Gasteiger partial charge in [-0.1, -0.05) is 23.2 Å². The fraction of sp³-hybridized carbons (Fsp3) is 0.389. The molecule has 3 rings (SSSR count). The summed E-state index contributed by atoms with van der Waals surface area (Å²) in [6.07, 6.45) is 0. The Hall–Kier alpha value is -2.09. The molecule has 1 aliphatic heterocycles. The summed E-state index contributed by atoms with van der Waals surface area (Å²) >= 11 is 11.8. The van der Waals surface area contributed by atoms with Crippen LogP contribution >= 0.6 is 23.2 Å². The molecule has 2 aromatic rings. The normalized spacial score (nSPS) is 14.1. The SMILES string of the molecule is Cc1nc(OCCNC(=O)c2ccc(Cl)c(Cl)c2)cc(N2CCOCC2)n1. The number of ether oxygens (including phenoxy) is 2. The first kappa shape index (κ1) is 19.7. The largest absolute Gasteiger partial charge is 0.476 e. The number of halogens is 2. The number of carbonyl (C=O) groups is 1. The summed E-state index contributed by atoms with van der Waals surface area (Å²) in [6.45, 7) is 5.37. The summed E-state index contributed by atoms with van der Waals surface area (Å²) in [6, 6.07) is 6.54. The van der Waals surface area contributed by atoms with Crippen LogP contribution in [0.15, 0.2) is 24.3 Å². The fourth-order valence-corrected chi connectivity index (χ4v) is 2.91. The summed E-state index contributed by atoms with van der Waals surface area (Å²) in [4.78, 5) is 23.0. The van der Waals surface area contributed by atoms with E-state index in [9.17, 15) is 4.79 Å². The molecule has 144 valence electrons. The number of aryl methyl sites for hydroxylation is 1. The van der Waals surface area contributed by atoms with Crippen LogP contribution in [-0.4, -0.2) is 55.3 Å². The molecule has 1 aromatic carbocycles. The molecule has 1 N–H and O–H groups in total. The number of carbonyl (C=O) groups excluding carboxylic acids is 1. The number of aromatic nitrogens is 2. The highest BCUT2D eigenvalue weighted by molar-refractivity contribution is 6.42. The maximum Gasteiger partial charge on any atom is 0.251 e. The second-order valence-corrected chi connectivity index (χ2v) is 6.76. The van der Waals surface area contributed by atoms with Crippen molar-refractivity contribution in [2.75, 3.05) is 44.4 Å². The van der Waals surface area contributed by atoms with Crippen molar-refractivity contribution in [2.45, 2.75) is 6.92 Å². The lowest BCUT2D eigenvalue weighted by atomic mass is 10.2. The van der Waals surface area contributed by atoms with Gasteiger partial charge >= 0.3 is 0 Å². The third-order valence-corrected chi connectivity index (χ3v) is 4.69. The van der Waals surface area contributed by atoms with Gasteiger partial charge < -0.3 is 19.7 Å². The Morgan fingerprint density at radius 2 is 2.00 bits per heavy atom. The predicted molar refractivity (Wildman–Crippen MR) is 104 cm³/mol. The van der Waals surface area contributed by atoms with E-state index in [-0.39, 0.29) is 12.5 Å².